The third-order valence-corrected chi connectivity index (χ3v) is 0.912. The Morgan fingerprint density at radius 1 is 1.89 bits per heavy atom. The molecule has 0 atom stereocenters. The third-order valence-electron chi connectivity index (χ3n) is 0.912. The van der Waals surface area contributed by atoms with Crippen LogP contribution in [0.5, 0.6) is 0 Å². The highest BCUT2D eigenvalue weighted by Gasteiger charge is 2.08. The topological polar surface area (TPSA) is 41.5 Å². The van der Waals surface area contributed by atoms with E-state index < -0.39 is 0 Å². The van der Waals surface area contributed by atoms with Crippen molar-refractivity contribution in [2.75, 3.05) is 0 Å². The monoisotopic (exact) mass is 122 g/mol. The number of hydrogen-bond donors (Lipinski definition) is 1. The molecule has 1 aliphatic heterocycles. The molecule has 0 unspecified atom stereocenters. The van der Waals surface area contributed by atoms with Gasteiger partial charge >= 0.3 is 0 Å². The first-order chi connectivity index (χ1) is 4.34. The van der Waals surface area contributed by atoms with E-state index in [1.807, 2.05) is 0 Å². The van der Waals surface area contributed by atoms with Gasteiger partial charge in [-0.05, 0) is 12.3 Å². The summed E-state index contributed by atoms with van der Waals surface area (Å²) in [5, 5.41) is 2.39. The van der Waals surface area contributed by atoms with Gasteiger partial charge in [-0.2, -0.15) is 0 Å². The summed E-state index contributed by atoms with van der Waals surface area (Å²) in [5.41, 5.74) is 0.454. The molecule has 1 aliphatic rings. The van der Waals surface area contributed by atoms with Crippen molar-refractivity contribution in [2.24, 2.45) is 4.99 Å². The van der Waals surface area contributed by atoms with Crippen LogP contribution in [0.25, 0.3) is 0 Å². The summed E-state index contributed by atoms with van der Waals surface area (Å²) in [6.07, 6.45) is 4.54. The number of carbonyl (C=O) groups is 1. The van der Waals surface area contributed by atoms with Gasteiger partial charge in [-0.15, -0.1) is 0 Å². The van der Waals surface area contributed by atoms with Crippen molar-refractivity contribution in [3.63, 3.8) is 0 Å². The van der Waals surface area contributed by atoms with Gasteiger partial charge in [0.25, 0.3) is 5.91 Å². The van der Waals surface area contributed by atoms with Crippen molar-refractivity contribution in [1.29, 1.82) is 0 Å². The molecule has 0 aromatic carbocycles. The highest BCUT2D eigenvalue weighted by atomic mass is 16.1. The lowest BCUT2D eigenvalue weighted by molar-refractivity contribution is -0.113. The van der Waals surface area contributed by atoms with Crippen molar-refractivity contribution in [3.8, 4) is 0 Å². The molecule has 0 saturated heterocycles. The number of amides is 1. The minimum atomic E-state index is -0.201. The van der Waals surface area contributed by atoms with Gasteiger partial charge in [-0.1, -0.05) is 6.58 Å². The fraction of sp³-hybridized carbons (Fsp3) is 0. The lowest BCUT2D eigenvalue weighted by atomic mass is 10.3. The van der Waals surface area contributed by atoms with E-state index in [4.69, 9.17) is 0 Å². The Hall–Kier alpha value is -1.38. The molecule has 0 aromatic heterocycles. The van der Waals surface area contributed by atoms with Crippen molar-refractivity contribution < 1.29 is 4.79 Å². The molecule has 46 valence electrons. The van der Waals surface area contributed by atoms with Crippen LogP contribution in [-0.4, -0.2) is 11.6 Å². The first-order valence-corrected chi connectivity index (χ1v) is 2.50. The first kappa shape index (κ1) is 5.75. The smallest absolute Gasteiger partial charge is 0.273 e. The van der Waals surface area contributed by atoms with Crippen molar-refractivity contribution in [3.05, 3.63) is 25.1 Å². The molecule has 0 spiro atoms. The Morgan fingerprint density at radius 2 is 2.56 bits per heavy atom. The molecule has 0 fully saturated rings. The van der Waals surface area contributed by atoms with Crippen LogP contribution >= 0.6 is 0 Å². The molecule has 1 rings (SSSR count). The Morgan fingerprint density at radius 3 is 2.89 bits per heavy atom. The normalized spacial score (nSPS) is 13.6. The number of rotatable bonds is 2. The van der Waals surface area contributed by atoms with E-state index in [1.165, 1.54) is 6.20 Å². The second-order valence-electron chi connectivity index (χ2n) is 1.51. The Balaban J connectivity index is 2.43. The maximum atomic E-state index is 10.7. The van der Waals surface area contributed by atoms with Gasteiger partial charge in [0.1, 0.15) is 5.71 Å². The molecule has 1 N–H and O–H groups in total. The lowest BCUT2D eigenvalue weighted by Gasteiger charge is -2.01. The van der Waals surface area contributed by atoms with Gasteiger partial charge in [0.2, 0.25) is 0 Å². The summed E-state index contributed by atoms with van der Waals surface area (Å²) in [5.74, 6) is -0.201. The van der Waals surface area contributed by atoms with Gasteiger partial charge in [-0.25, -0.2) is 0 Å². The molecule has 0 radical (unpaired) electrons. The minimum Gasteiger partial charge on any atom is -0.328 e. The molecule has 9 heavy (non-hydrogen) atoms. The van der Waals surface area contributed by atoms with Crippen LogP contribution in [-0.2, 0) is 4.79 Å². The standard InChI is InChI=1S/C6H6N2O/c1-2-7-6(9)5-3-4-8-5/h2-4H,1H2,(H,7,9). The summed E-state index contributed by atoms with van der Waals surface area (Å²) in [7, 11) is 0. The SMILES string of the molecule is C=CNC(=O)C1=NC=C1. The fourth-order valence-electron chi connectivity index (χ4n) is 0.450. The van der Waals surface area contributed by atoms with E-state index >= 15 is 0 Å². The molecule has 1 amide bonds. The van der Waals surface area contributed by atoms with E-state index in [0.717, 1.165) is 0 Å². The van der Waals surface area contributed by atoms with E-state index in [9.17, 15) is 4.79 Å². The Bertz CT molecular complexity index is 203. The van der Waals surface area contributed by atoms with Crippen LogP contribution in [0.15, 0.2) is 30.0 Å². The number of hydrogen-bond acceptors (Lipinski definition) is 2. The van der Waals surface area contributed by atoms with Crippen molar-refractivity contribution in [2.45, 2.75) is 0 Å². The van der Waals surface area contributed by atoms with Gasteiger partial charge in [0.05, 0.1) is 0 Å². The summed E-state index contributed by atoms with van der Waals surface area (Å²) >= 11 is 0. The molecule has 0 bridgehead atoms. The van der Waals surface area contributed by atoms with Crippen LogP contribution in [0, 0.1) is 0 Å². The fourth-order valence-corrected chi connectivity index (χ4v) is 0.450. The molecular formula is C6H6N2O. The molecule has 3 heteroatoms. The third kappa shape index (κ3) is 1.05. The van der Waals surface area contributed by atoms with Crippen LogP contribution in [0.4, 0.5) is 0 Å². The zero-order valence-corrected chi connectivity index (χ0v) is 4.79. The van der Waals surface area contributed by atoms with Crippen molar-refractivity contribution >= 4 is 11.6 Å². The van der Waals surface area contributed by atoms with Gasteiger partial charge in [0.15, 0.2) is 0 Å². The second-order valence-corrected chi connectivity index (χ2v) is 1.51. The second kappa shape index (κ2) is 2.26. The van der Waals surface area contributed by atoms with Crippen LogP contribution < -0.4 is 5.32 Å². The number of nitrogens with one attached hydrogen (secondary N) is 1. The van der Waals surface area contributed by atoms with E-state index in [-0.39, 0.29) is 5.91 Å². The lowest BCUT2D eigenvalue weighted by Crippen LogP contribution is -2.26. The predicted molar refractivity (Wildman–Crippen MR) is 34.9 cm³/mol. The zero-order chi connectivity index (χ0) is 6.69. The largest absolute Gasteiger partial charge is 0.328 e. The summed E-state index contributed by atoms with van der Waals surface area (Å²) in [6, 6.07) is 0. The molecule has 0 aromatic rings. The first-order valence-electron chi connectivity index (χ1n) is 2.50. The van der Waals surface area contributed by atoms with E-state index in [0.29, 0.717) is 5.71 Å². The molecule has 0 saturated carbocycles. The van der Waals surface area contributed by atoms with Gasteiger partial charge in [-0.3, -0.25) is 9.79 Å². The number of carbonyl (C=O) groups excluding carboxylic acids is 1. The average molecular weight is 122 g/mol. The quantitative estimate of drug-likeness (QED) is 0.559. The molecular weight excluding hydrogens is 116 g/mol. The van der Waals surface area contributed by atoms with Gasteiger partial charge in [0, 0.05) is 6.20 Å². The number of nitrogens with zero attached hydrogens (tertiary/aromatic N) is 1. The zero-order valence-electron chi connectivity index (χ0n) is 4.79. The average Bonchev–Trinajstić information content (AvgIpc) is 1.60. The van der Waals surface area contributed by atoms with Crippen LogP contribution in [0.1, 0.15) is 0 Å². The highest BCUT2D eigenvalue weighted by molar-refractivity contribution is 6.45. The van der Waals surface area contributed by atoms with Gasteiger partial charge < -0.3 is 5.32 Å². The predicted octanol–water partition coefficient (Wildman–Crippen LogP) is 0.214. The van der Waals surface area contributed by atoms with E-state index in [1.54, 1.807) is 12.3 Å². The molecule has 3 nitrogen and oxygen atoms in total. The van der Waals surface area contributed by atoms with E-state index in [2.05, 4.69) is 16.9 Å². The van der Waals surface area contributed by atoms with Crippen LogP contribution in [0.2, 0.25) is 0 Å². The maximum Gasteiger partial charge on any atom is 0.273 e. The Kier molecular flexibility index (Phi) is 1.44. The summed E-state index contributed by atoms with van der Waals surface area (Å²) in [4.78, 5) is 14.3. The molecule has 0 aliphatic carbocycles. The Labute approximate surface area is 52.8 Å². The minimum absolute atomic E-state index is 0.201. The van der Waals surface area contributed by atoms with Crippen molar-refractivity contribution in [1.82, 2.24) is 5.32 Å². The molecule has 1 heterocycles. The summed E-state index contributed by atoms with van der Waals surface area (Å²) in [6.45, 7) is 3.33. The maximum absolute atomic E-state index is 10.7. The summed E-state index contributed by atoms with van der Waals surface area (Å²) < 4.78 is 0. The van der Waals surface area contributed by atoms with Crippen LogP contribution in [0.3, 0.4) is 0 Å². The highest BCUT2D eigenvalue weighted by Crippen LogP contribution is 1.94. The number of aliphatic imine (C=N–C) groups is 1.